The predicted octanol–water partition coefficient (Wildman–Crippen LogP) is 8.28. The Bertz CT molecular complexity index is 1100. The maximum Gasteiger partial charge on any atom is 0.169 e. The van der Waals surface area contributed by atoms with Gasteiger partial charge in [-0.05, 0) is 98.0 Å². The van der Waals surface area contributed by atoms with Gasteiger partial charge in [0.2, 0.25) is 0 Å². The second-order valence-corrected chi connectivity index (χ2v) is 13.3. The third-order valence-electron chi connectivity index (χ3n) is 11.6. The first-order valence-electron chi connectivity index (χ1n) is 15.6. The molecule has 4 fully saturated rings. The highest BCUT2D eigenvalue weighted by Gasteiger charge is 2.57. The molecule has 1 aliphatic heterocycles. The third kappa shape index (κ3) is 4.75. The molecule has 3 saturated carbocycles. The minimum atomic E-state index is -0.306. The molecule has 1 saturated heterocycles. The van der Waals surface area contributed by atoms with Crippen molar-refractivity contribution in [2.24, 2.45) is 29.1 Å². The number of ether oxygens (including phenoxy) is 2. The second kappa shape index (κ2) is 10.8. The summed E-state index contributed by atoms with van der Waals surface area (Å²) in [5, 5.41) is 1.74. The van der Waals surface area contributed by atoms with E-state index in [9.17, 15) is 0 Å². The molecule has 0 bridgehead atoms. The number of allylic oxidation sites excluding steroid dienone is 3. The molecule has 4 heteroatoms. The first kappa shape index (κ1) is 27.3. The Morgan fingerprint density at radius 3 is 2.59 bits per heavy atom. The SMILES string of the molecule is C=CCCCC1CCC2C3CCC4CC5(CCC4=C3C(c3ccc(C(=C)N(C)OC)cc3)CC12C)OCCO5. The fourth-order valence-corrected chi connectivity index (χ4v) is 9.57. The van der Waals surface area contributed by atoms with Crippen LogP contribution in [-0.4, -0.2) is 38.2 Å². The minimum Gasteiger partial charge on any atom is -0.348 e. The Morgan fingerprint density at radius 2 is 1.87 bits per heavy atom. The molecule has 4 aliphatic carbocycles. The van der Waals surface area contributed by atoms with Gasteiger partial charge in [0.25, 0.3) is 0 Å². The zero-order chi connectivity index (χ0) is 27.2. The van der Waals surface area contributed by atoms with Gasteiger partial charge in [0, 0.05) is 25.8 Å². The summed E-state index contributed by atoms with van der Waals surface area (Å²) in [4.78, 5) is 5.39. The van der Waals surface area contributed by atoms with Crippen LogP contribution < -0.4 is 0 Å². The summed E-state index contributed by atoms with van der Waals surface area (Å²) >= 11 is 0. The van der Waals surface area contributed by atoms with Crippen LogP contribution in [0.15, 0.2) is 54.6 Å². The Balaban J connectivity index is 1.36. The summed E-state index contributed by atoms with van der Waals surface area (Å²) in [7, 11) is 3.60. The van der Waals surface area contributed by atoms with Gasteiger partial charge in [-0.25, -0.2) is 0 Å². The lowest BCUT2D eigenvalue weighted by Crippen LogP contribution is -2.46. The Kier molecular flexibility index (Phi) is 7.58. The highest BCUT2D eigenvalue weighted by atomic mass is 16.7. The van der Waals surface area contributed by atoms with Gasteiger partial charge in [-0.3, -0.25) is 9.90 Å². The van der Waals surface area contributed by atoms with E-state index in [1.165, 1.54) is 50.5 Å². The van der Waals surface area contributed by atoms with Crippen molar-refractivity contribution in [2.45, 2.75) is 89.3 Å². The van der Waals surface area contributed by atoms with Gasteiger partial charge in [-0.2, -0.15) is 0 Å². The van der Waals surface area contributed by atoms with Crippen molar-refractivity contribution in [3.63, 3.8) is 0 Å². The van der Waals surface area contributed by atoms with Gasteiger partial charge in [0.15, 0.2) is 5.79 Å². The number of unbranched alkanes of at least 4 members (excludes halogenated alkanes) is 1. The van der Waals surface area contributed by atoms with Crippen LogP contribution in [0.25, 0.3) is 5.70 Å². The van der Waals surface area contributed by atoms with Crippen LogP contribution in [0.1, 0.15) is 94.6 Å². The van der Waals surface area contributed by atoms with Gasteiger partial charge in [0.1, 0.15) is 0 Å². The number of hydrogen-bond acceptors (Lipinski definition) is 4. The summed E-state index contributed by atoms with van der Waals surface area (Å²) in [5.74, 6) is 3.22. The molecule has 0 radical (unpaired) electrons. The van der Waals surface area contributed by atoms with Crippen LogP contribution in [0.5, 0.6) is 0 Å². The van der Waals surface area contributed by atoms with Crippen molar-refractivity contribution in [1.29, 1.82) is 0 Å². The zero-order valence-electron chi connectivity index (χ0n) is 24.6. The summed E-state index contributed by atoms with van der Waals surface area (Å²) in [6, 6.07) is 9.30. The summed E-state index contributed by atoms with van der Waals surface area (Å²) < 4.78 is 12.4. The van der Waals surface area contributed by atoms with Crippen molar-refractivity contribution in [3.05, 3.63) is 65.8 Å². The Labute approximate surface area is 236 Å². The van der Waals surface area contributed by atoms with Crippen LogP contribution in [0.4, 0.5) is 0 Å². The number of rotatable bonds is 8. The van der Waals surface area contributed by atoms with Crippen molar-refractivity contribution < 1.29 is 14.3 Å². The molecule has 0 aromatic heterocycles. The van der Waals surface area contributed by atoms with E-state index in [4.69, 9.17) is 14.3 Å². The highest BCUT2D eigenvalue weighted by molar-refractivity contribution is 5.61. The molecule has 1 aromatic rings. The van der Waals surface area contributed by atoms with E-state index in [0.717, 1.165) is 67.9 Å². The fourth-order valence-electron chi connectivity index (χ4n) is 9.57. The average molecular weight is 532 g/mol. The van der Waals surface area contributed by atoms with Crippen LogP contribution in [0.3, 0.4) is 0 Å². The van der Waals surface area contributed by atoms with Crippen molar-refractivity contribution >= 4 is 5.70 Å². The predicted molar refractivity (Wildman–Crippen MR) is 158 cm³/mol. The van der Waals surface area contributed by atoms with Gasteiger partial charge >= 0.3 is 0 Å². The van der Waals surface area contributed by atoms with E-state index in [0.29, 0.717) is 17.3 Å². The van der Waals surface area contributed by atoms with Crippen LogP contribution in [-0.2, 0) is 14.3 Å². The monoisotopic (exact) mass is 531 g/mol. The first-order valence-corrected chi connectivity index (χ1v) is 15.6. The first-order chi connectivity index (χ1) is 18.9. The largest absolute Gasteiger partial charge is 0.348 e. The van der Waals surface area contributed by atoms with E-state index < -0.39 is 0 Å². The van der Waals surface area contributed by atoms with E-state index in [1.54, 1.807) is 17.7 Å². The minimum absolute atomic E-state index is 0.306. The summed E-state index contributed by atoms with van der Waals surface area (Å²) in [6.07, 6.45) is 15.9. The normalized spacial score (nSPS) is 34.9. The lowest BCUT2D eigenvalue weighted by molar-refractivity contribution is -0.181. The molecule has 1 spiro atoms. The molecule has 6 rings (SSSR count). The van der Waals surface area contributed by atoms with Crippen LogP contribution in [0, 0.1) is 29.1 Å². The lowest BCUT2D eigenvalue weighted by atomic mass is 9.50. The molecule has 39 heavy (non-hydrogen) atoms. The van der Waals surface area contributed by atoms with Crippen LogP contribution in [0.2, 0.25) is 0 Å². The van der Waals surface area contributed by atoms with Gasteiger partial charge in [-0.15, -0.1) is 6.58 Å². The fraction of sp³-hybridized carbons (Fsp3) is 0.657. The number of hydrogen-bond donors (Lipinski definition) is 0. The standard InChI is InChI=1S/C35H49NO3/c1-6-7-8-9-28-15-17-32-30-16-14-27-22-35(38-20-21-39-35)19-18-29(27)33(30)31(23-34(28,32)3)26-12-10-25(11-13-26)24(2)36(4)37-5/h6,10-13,27-28,30-32H,1-2,7-9,14-23H2,3-5H3. The van der Waals surface area contributed by atoms with Crippen molar-refractivity contribution in [2.75, 3.05) is 27.4 Å². The molecule has 6 unspecified atom stereocenters. The van der Waals surface area contributed by atoms with E-state index >= 15 is 0 Å². The highest BCUT2D eigenvalue weighted by Crippen LogP contribution is 2.67. The molecule has 1 aromatic carbocycles. The maximum atomic E-state index is 6.21. The second-order valence-electron chi connectivity index (χ2n) is 13.3. The Hall–Kier alpha value is -1.88. The quantitative estimate of drug-likeness (QED) is 0.192. The zero-order valence-corrected chi connectivity index (χ0v) is 24.6. The molecule has 0 amide bonds. The molecular weight excluding hydrogens is 482 g/mol. The number of nitrogens with zero attached hydrogens (tertiary/aromatic N) is 1. The molecule has 0 N–H and O–H groups in total. The number of benzene rings is 1. The Morgan fingerprint density at radius 1 is 1.10 bits per heavy atom. The molecule has 5 aliphatic rings. The molecule has 6 atom stereocenters. The molecule has 1 heterocycles. The maximum absolute atomic E-state index is 6.21. The lowest BCUT2D eigenvalue weighted by Gasteiger charge is -2.54. The molecule has 4 nitrogen and oxygen atoms in total. The van der Waals surface area contributed by atoms with Gasteiger partial charge in [0.05, 0.1) is 26.0 Å². The topological polar surface area (TPSA) is 30.9 Å². The van der Waals surface area contributed by atoms with Crippen LogP contribution >= 0.6 is 0 Å². The smallest absolute Gasteiger partial charge is 0.169 e. The average Bonchev–Trinajstić information content (AvgIpc) is 3.55. The number of hydroxylamine groups is 2. The van der Waals surface area contributed by atoms with Crippen molar-refractivity contribution in [3.8, 4) is 0 Å². The van der Waals surface area contributed by atoms with Crippen molar-refractivity contribution in [1.82, 2.24) is 5.06 Å². The number of fused-ring (bicyclic) bond motifs is 4. The van der Waals surface area contributed by atoms with E-state index in [-0.39, 0.29) is 5.79 Å². The molecule has 212 valence electrons. The third-order valence-corrected chi connectivity index (χ3v) is 11.6. The van der Waals surface area contributed by atoms with Gasteiger partial charge < -0.3 is 9.47 Å². The van der Waals surface area contributed by atoms with Gasteiger partial charge in [-0.1, -0.05) is 55.0 Å². The van der Waals surface area contributed by atoms with E-state index in [2.05, 4.69) is 50.4 Å². The molecular formula is C35H49NO3. The summed E-state index contributed by atoms with van der Waals surface area (Å²) in [5.41, 5.74) is 7.53. The summed E-state index contributed by atoms with van der Waals surface area (Å²) in [6.45, 7) is 12.4. The van der Waals surface area contributed by atoms with E-state index in [1.807, 2.05) is 12.6 Å².